The molecule has 0 fully saturated rings. The van der Waals surface area contributed by atoms with Crippen molar-refractivity contribution >= 4 is 13.8 Å². The van der Waals surface area contributed by atoms with Gasteiger partial charge in [-0.1, -0.05) is 158 Å². The van der Waals surface area contributed by atoms with Gasteiger partial charge in [0.05, 0.1) is 27.7 Å². The summed E-state index contributed by atoms with van der Waals surface area (Å²) in [7, 11) is 1.25. The van der Waals surface area contributed by atoms with Gasteiger partial charge in [0.25, 0.3) is 7.82 Å². The molecular weight excluding hydrogens is 661 g/mol. The Kier molecular flexibility index (Phi) is 34.4. The molecular formula is C42H78NO7P. The number of likely N-dealkylation sites (N-methyl/N-ethyl adjacent to an activating group) is 1. The molecule has 2 atom stereocenters. The van der Waals surface area contributed by atoms with Gasteiger partial charge in [0, 0.05) is 6.42 Å². The van der Waals surface area contributed by atoms with Gasteiger partial charge in [0.1, 0.15) is 25.9 Å². The Morgan fingerprint density at radius 1 is 0.627 bits per heavy atom. The maximum absolute atomic E-state index is 11.9. The van der Waals surface area contributed by atoms with E-state index in [1.54, 1.807) is 0 Å². The van der Waals surface area contributed by atoms with Crippen LogP contribution in [0.25, 0.3) is 0 Å². The van der Waals surface area contributed by atoms with Crippen molar-refractivity contribution in [2.75, 3.05) is 47.5 Å². The first-order valence-corrected chi connectivity index (χ1v) is 21.9. The number of phosphoric acid groups is 1. The fourth-order valence-electron chi connectivity index (χ4n) is 5.41. The van der Waals surface area contributed by atoms with E-state index in [2.05, 4.69) is 60.1 Å². The van der Waals surface area contributed by atoms with Gasteiger partial charge >= 0.3 is 5.97 Å². The summed E-state index contributed by atoms with van der Waals surface area (Å²) in [6.45, 7) is 1.84. The Labute approximate surface area is 314 Å². The Morgan fingerprint density at radius 3 is 1.49 bits per heavy atom. The van der Waals surface area contributed by atoms with Crippen LogP contribution in [0.2, 0.25) is 0 Å². The lowest BCUT2D eigenvalue weighted by Crippen LogP contribution is -2.37. The maximum atomic E-state index is 11.9. The van der Waals surface area contributed by atoms with E-state index in [9.17, 15) is 19.4 Å². The van der Waals surface area contributed by atoms with Crippen LogP contribution in [0.3, 0.4) is 0 Å². The monoisotopic (exact) mass is 740 g/mol. The number of ether oxygens (including phenoxy) is 1. The summed E-state index contributed by atoms with van der Waals surface area (Å²) in [5, 5.41) is 9.88. The fraction of sp³-hybridized carbons (Fsp3) is 0.786. The van der Waals surface area contributed by atoms with Crippen molar-refractivity contribution in [3.8, 4) is 0 Å². The van der Waals surface area contributed by atoms with Crippen LogP contribution >= 0.6 is 7.82 Å². The number of carbonyl (C=O) groups is 1. The molecule has 51 heavy (non-hydrogen) atoms. The molecule has 0 amide bonds. The van der Waals surface area contributed by atoms with Gasteiger partial charge in [-0.15, -0.1) is 0 Å². The van der Waals surface area contributed by atoms with Gasteiger partial charge < -0.3 is 28.3 Å². The van der Waals surface area contributed by atoms with Crippen LogP contribution in [0.1, 0.15) is 161 Å². The molecule has 298 valence electrons. The smallest absolute Gasteiger partial charge is 0.305 e. The zero-order chi connectivity index (χ0) is 37.7. The molecule has 1 N–H and O–H groups in total. The first-order chi connectivity index (χ1) is 24.6. The average Bonchev–Trinajstić information content (AvgIpc) is 3.08. The minimum atomic E-state index is -4.50. The van der Waals surface area contributed by atoms with E-state index in [-0.39, 0.29) is 19.2 Å². The van der Waals surface area contributed by atoms with Crippen LogP contribution in [0, 0.1) is 0 Å². The standard InChI is InChI=1S/C42H78NO7P/c1-5-6-7-8-9-10-11-12-13-14-15-16-17-18-19-20-21-22-23-24-25-26-27-28-29-30-31-32-33-34-35-36-42(45)48-39-41(44)40-50-51(46,47)49-38-37-43(2,3)4/h6-7,9-10,12-13,15-16,41,44H,5,8,11,14,17-40H2,1-4H3/b7-6-,10-9-,13-12-,16-15-. The normalized spacial score (nSPS) is 14.4. The summed E-state index contributed by atoms with van der Waals surface area (Å²) in [6.07, 6.45) is 45.7. The van der Waals surface area contributed by atoms with Gasteiger partial charge in [-0.3, -0.25) is 9.36 Å². The summed E-state index contributed by atoms with van der Waals surface area (Å²) in [5.74, 6) is -0.386. The van der Waals surface area contributed by atoms with Gasteiger partial charge in [0.2, 0.25) is 0 Å². The number of quaternary nitrogens is 1. The van der Waals surface area contributed by atoms with Crippen molar-refractivity contribution in [2.24, 2.45) is 0 Å². The number of allylic oxidation sites excluding steroid dienone is 8. The second kappa shape index (κ2) is 35.5. The average molecular weight is 740 g/mol. The topological polar surface area (TPSA) is 105 Å². The SMILES string of the molecule is CC/C=C\C/C=C\C/C=C\C/C=C\CCCCCCCCCCCCCCCCCCCCC(=O)OCC(O)COP(=O)([O-])OCC[N+](C)(C)C. The van der Waals surface area contributed by atoms with Crippen LogP contribution in [-0.2, 0) is 23.1 Å². The summed E-state index contributed by atoms with van der Waals surface area (Å²) >= 11 is 0. The van der Waals surface area contributed by atoms with Crippen LogP contribution in [-0.4, -0.2) is 69.2 Å². The molecule has 0 aromatic carbocycles. The van der Waals surface area contributed by atoms with E-state index >= 15 is 0 Å². The molecule has 0 bridgehead atoms. The maximum Gasteiger partial charge on any atom is 0.305 e. The summed E-state index contributed by atoms with van der Waals surface area (Å²) in [4.78, 5) is 23.7. The third kappa shape index (κ3) is 41.1. The number of nitrogens with zero attached hydrogens (tertiary/aromatic N) is 1. The first-order valence-electron chi connectivity index (χ1n) is 20.4. The van der Waals surface area contributed by atoms with E-state index in [1.807, 2.05) is 21.1 Å². The molecule has 0 saturated carbocycles. The molecule has 8 nitrogen and oxygen atoms in total. The number of unbranched alkanes of at least 4 members (excludes halogenated alkanes) is 18. The van der Waals surface area contributed by atoms with E-state index in [1.165, 1.54) is 103 Å². The van der Waals surface area contributed by atoms with Crippen molar-refractivity contribution in [1.82, 2.24) is 0 Å². The highest BCUT2D eigenvalue weighted by Gasteiger charge is 2.16. The van der Waals surface area contributed by atoms with Crippen LogP contribution in [0.15, 0.2) is 48.6 Å². The predicted molar refractivity (Wildman–Crippen MR) is 212 cm³/mol. The zero-order valence-electron chi connectivity index (χ0n) is 33.3. The number of hydrogen-bond donors (Lipinski definition) is 1. The molecule has 0 spiro atoms. The quantitative estimate of drug-likeness (QED) is 0.0222. The van der Waals surface area contributed by atoms with Gasteiger partial charge in [-0.25, -0.2) is 0 Å². The Balaban J connectivity index is 3.39. The molecule has 0 rings (SSSR count). The number of aliphatic hydroxyl groups is 1. The van der Waals surface area contributed by atoms with Crippen LogP contribution < -0.4 is 4.89 Å². The Bertz CT molecular complexity index is 957. The Morgan fingerprint density at radius 2 is 1.04 bits per heavy atom. The highest BCUT2D eigenvalue weighted by atomic mass is 31.2. The number of hydrogen-bond acceptors (Lipinski definition) is 7. The molecule has 0 saturated heterocycles. The van der Waals surface area contributed by atoms with Crippen LogP contribution in [0.5, 0.6) is 0 Å². The Hall–Kier alpha value is -1.54. The highest BCUT2D eigenvalue weighted by molar-refractivity contribution is 7.45. The lowest BCUT2D eigenvalue weighted by atomic mass is 10.0. The highest BCUT2D eigenvalue weighted by Crippen LogP contribution is 2.38. The molecule has 2 unspecified atom stereocenters. The number of carbonyl (C=O) groups excluding carboxylic acids is 1. The van der Waals surface area contributed by atoms with E-state index < -0.39 is 20.5 Å². The minimum Gasteiger partial charge on any atom is -0.756 e. The van der Waals surface area contributed by atoms with Gasteiger partial charge in [-0.2, -0.15) is 0 Å². The minimum absolute atomic E-state index is 0.00825. The molecule has 0 aromatic heterocycles. The molecule has 0 aliphatic heterocycles. The molecule has 0 aliphatic rings. The van der Waals surface area contributed by atoms with Gasteiger partial charge in [-0.05, 0) is 44.9 Å². The van der Waals surface area contributed by atoms with E-state index in [0.29, 0.717) is 17.4 Å². The number of aliphatic hydroxyl groups excluding tert-OH is 1. The summed E-state index contributed by atoms with van der Waals surface area (Å²) < 4.78 is 26.8. The van der Waals surface area contributed by atoms with E-state index in [0.717, 1.165) is 44.9 Å². The zero-order valence-corrected chi connectivity index (χ0v) is 34.2. The third-order valence-corrected chi connectivity index (χ3v) is 9.56. The van der Waals surface area contributed by atoms with Crippen molar-refractivity contribution in [1.29, 1.82) is 0 Å². The second-order valence-electron chi connectivity index (χ2n) is 14.8. The molecule has 9 heteroatoms. The van der Waals surface area contributed by atoms with Crippen molar-refractivity contribution in [3.05, 3.63) is 48.6 Å². The fourth-order valence-corrected chi connectivity index (χ4v) is 6.14. The second-order valence-corrected chi connectivity index (χ2v) is 16.2. The molecule has 0 aliphatic carbocycles. The van der Waals surface area contributed by atoms with E-state index in [4.69, 9.17) is 9.26 Å². The van der Waals surface area contributed by atoms with Crippen molar-refractivity contribution in [2.45, 2.75) is 167 Å². The molecule has 0 aromatic rings. The largest absolute Gasteiger partial charge is 0.756 e. The predicted octanol–water partition coefficient (Wildman–Crippen LogP) is 10.7. The van der Waals surface area contributed by atoms with Crippen molar-refractivity contribution in [3.63, 3.8) is 0 Å². The number of phosphoric ester groups is 1. The lowest BCUT2D eigenvalue weighted by Gasteiger charge is -2.27. The third-order valence-electron chi connectivity index (χ3n) is 8.59. The number of rotatable bonds is 37. The van der Waals surface area contributed by atoms with Crippen LogP contribution in [0.4, 0.5) is 0 Å². The lowest BCUT2D eigenvalue weighted by molar-refractivity contribution is -0.870. The molecule has 0 heterocycles. The summed E-state index contributed by atoms with van der Waals surface area (Å²) in [6, 6.07) is 0. The van der Waals surface area contributed by atoms with Gasteiger partial charge in [0.15, 0.2) is 0 Å². The summed E-state index contributed by atoms with van der Waals surface area (Å²) in [5.41, 5.74) is 0. The van der Waals surface area contributed by atoms with Crippen molar-refractivity contribution < 1.29 is 37.6 Å². The number of esters is 1. The first kappa shape index (κ1) is 49.5. The molecule has 0 radical (unpaired) electrons.